The van der Waals surface area contributed by atoms with Gasteiger partial charge >= 0.3 is 0 Å². The van der Waals surface area contributed by atoms with Gasteiger partial charge < -0.3 is 10.1 Å². The highest BCUT2D eigenvalue weighted by atomic mass is 35.5. The molecule has 0 atom stereocenters. The van der Waals surface area contributed by atoms with Crippen LogP contribution < -0.4 is 5.32 Å². The van der Waals surface area contributed by atoms with E-state index in [4.69, 9.17) is 16.3 Å². The Kier molecular flexibility index (Phi) is 5.74. The lowest BCUT2D eigenvalue weighted by Gasteiger charge is -2.04. The standard InChI is InChI=1S/C10H14ClN3O2/c1-2-16-5-3-4-13-10(15)8-6-12-7-9(11)14-8/h6-7H,2-5H2,1H3,(H,13,15). The van der Waals surface area contributed by atoms with Gasteiger partial charge in [-0.15, -0.1) is 0 Å². The summed E-state index contributed by atoms with van der Waals surface area (Å²) in [5.41, 5.74) is 0.226. The fourth-order valence-electron chi connectivity index (χ4n) is 1.06. The Labute approximate surface area is 99.2 Å². The summed E-state index contributed by atoms with van der Waals surface area (Å²) in [6.07, 6.45) is 3.53. The lowest BCUT2D eigenvalue weighted by atomic mass is 10.4. The number of rotatable bonds is 6. The van der Waals surface area contributed by atoms with E-state index in [0.29, 0.717) is 19.8 Å². The molecule has 1 aromatic heterocycles. The second-order valence-electron chi connectivity index (χ2n) is 3.03. The minimum atomic E-state index is -0.272. The topological polar surface area (TPSA) is 64.1 Å². The van der Waals surface area contributed by atoms with Crippen molar-refractivity contribution in [3.8, 4) is 0 Å². The fraction of sp³-hybridized carbons (Fsp3) is 0.500. The van der Waals surface area contributed by atoms with Gasteiger partial charge in [0.05, 0.1) is 12.4 Å². The van der Waals surface area contributed by atoms with Crippen molar-refractivity contribution in [3.05, 3.63) is 23.2 Å². The third-order valence-corrected chi connectivity index (χ3v) is 1.98. The third kappa shape index (κ3) is 4.55. The lowest BCUT2D eigenvalue weighted by molar-refractivity contribution is 0.0939. The van der Waals surface area contributed by atoms with Crippen molar-refractivity contribution < 1.29 is 9.53 Å². The highest BCUT2D eigenvalue weighted by molar-refractivity contribution is 6.29. The molecular weight excluding hydrogens is 230 g/mol. The predicted octanol–water partition coefficient (Wildman–Crippen LogP) is 1.29. The van der Waals surface area contributed by atoms with Crippen LogP contribution in [0, 0.1) is 0 Å². The summed E-state index contributed by atoms with van der Waals surface area (Å²) >= 11 is 5.62. The van der Waals surface area contributed by atoms with Crippen LogP contribution in [0.25, 0.3) is 0 Å². The first-order valence-corrected chi connectivity index (χ1v) is 5.45. The van der Waals surface area contributed by atoms with Gasteiger partial charge in [-0.1, -0.05) is 11.6 Å². The summed E-state index contributed by atoms with van der Waals surface area (Å²) in [4.78, 5) is 19.1. The van der Waals surface area contributed by atoms with Crippen LogP contribution in [-0.4, -0.2) is 35.6 Å². The van der Waals surface area contributed by atoms with Gasteiger partial charge in [0.25, 0.3) is 5.91 Å². The van der Waals surface area contributed by atoms with E-state index < -0.39 is 0 Å². The minimum absolute atomic E-state index is 0.210. The Morgan fingerprint density at radius 1 is 1.56 bits per heavy atom. The summed E-state index contributed by atoms with van der Waals surface area (Å²) in [6, 6.07) is 0. The highest BCUT2D eigenvalue weighted by Crippen LogP contribution is 2.01. The van der Waals surface area contributed by atoms with Gasteiger partial charge in [0.15, 0.2) is 0 Å². The van der Waals surface area contributed by atoms with Gasteiger partial charge in [0.2, 0.25) is 0 Å². The predicted molar refractivity (Wildman–Crippen MR) is 60.5 cm³/mol. The molecule has 1 rings (SSSR count). The highest BCUT2D eigenvalue weighted by Gasteiger charge is 2.06. The Morgan fingerprint density at radius 2 is 2.38 bits per heavy atom. The third-order valence-electron chi connectivity index (χ3n) is 1.79. The fourth-order valence-corrected chi connectivity index (χ4v) is 1.21. The van der Waals surface area contributed by atoms with Crippen LogP contribution in [0.3, 0.4) is 0 Å². The maximum absolute atomic E-state index is 11.5. The summed E-state index contributed by atoms with van der Waals surface area (Å²) in [5.74, 6) is -0.272. The van der Waals surface area contributed by atoms with Crippen LogP contribution in [0.2, 0.25) is 5.15 Å². The second-order valence-corrected chi connectivity index (χ2v) is 3.42. The number of hydrogen-bond acceptors (Lipinski definition) is 4. The van der Waals surface area contributed by atoms with E-state index in [2.05, 4.69) is 15.3 Å². The Balaban J connectivity index is 2.30. The normalized spacial score (nSPS) is 10.1. The van der Waals surface area contributed by atoms with E-state index in [1.54, 1.807) is 0 Å². The SMILES string of the molecule is CCOCCCNC(=O)c1cncc(Cl)n1. The van der Waals surface area contributed by atoms with E-state index >= 15 is 0 Å². The molecule has 1 aromatic rings. The Hall–Kier alpha value is -1.20. The largest absolute Gasteiger partial charge is 0.382 e. The molecule has 6 heteroatoms. The molecule has 1 amide bonds. The number of carbonyl (C=O) groups is 1. The smallest absolute Gasteiger partial charge is 0.271 e. The maximum Gasteiger partial charge on any atom is 0.271 e. The monoisotopic (exact) mass is 243 g/mol. The van der Waals surface area contributed by atoms with Crippen LogP contribution >= 0.6 is 11.6 Å². The first-order valence-electron chi connectivity index (χ1n) is 5.07. The van der Waals surface area contributed by atoms with Gasteiger partial charge in [-0.3, -0.25) is 9.78 Å². The quantitative estimate of drug-likeness (QED) is 0.765. The molecule has 0 bridgehead atoms. The molecule has 0 aromatic carbocycles. The molecule has 1 heterocycles. The molecule has 5 nitrogen and oxygen atoms in total. The molecule has 1 N–H and O–H groups in total. The van der Waals surface area contributed by atoms with Crippen molar-refractivity contribution in [1.29, 1.82) is 0 Å². The molecule has 0 saturated heterocycles. The molecule has 0 aliphatic carbocycles. The van der Waals surface area contributed by atoms with Crippen LogP contribution in [-0.2, 0) is 4.74 Å². The molecule has 0 saturated carbocycles. The molecule has 16 heavy (non-hydrogen) atoms. The zero-order valence-corrected chi connectivity index (χ0v) is 9.83. The molecule has 0 unspecified atom stereocenters. The van der Waals surface area contributed by atoms with Gasteiger partial charge in [0, 0.05) is 19.8 Å². The Morgan fingerprint density at radius 3 is 3.06 bits per heavy atom. The van der Waals surface area contributed by atoms with Crippen molar-refractivity contribution in [2.24, 2.45) is 0 Å². The molecule has 0 aliphatic rings. The van der Waals surface area contributed by atoms with E-state index in [0.717, 1.165) is 6.42 Å². The molecule has 88 valence electrons. The van der Waals surface area contributed by atoms with Gasteiger partial charge in [-0.2, -0.15) is 0 Å². The summed E-state index contributed by atoms with van der Waals surface area (Å²) in [7, 11) is 0. The molecular formula is C10H14ClN3O2. The zero-order chi connectivity index (χ0) is 11.8. The number of amides is 1. The summed E-state index contributed by atoms with van der Waals surface area (Å²) < 4.78 is 5.14. The average Bonchev–Trinajstić information content (AvgIpc) is 2.28. The lowest BCUT2D eigenvalue weighted by Crippen LogP contribution is -2.26. The first-order chi connectivity index (χ1) is 7.74. The van der Waals surface area contributed by atoms with Gasteiger partial charge in [-0.25, -0.2) is 4.98 Å². The van der Waals surface area contributed by atoms with Crippen molar-refractivity contribution in [2.75, 3.05) is 19.8 Å². The summed E-state index contributed by atoms with van der Waals surface area (Å²) in [5, 5.41) is 2.92. The van der Waals surface area contributed by atoms with Crippen LogP contribution in [0.4, 0.5) is 0 Å². The Bertz CT molecular complexity index is 347. The average molecular weight is 244 g/mol. The minimum Gasteiger partial charge on any atom is -0.382 e. The summed E-state index contributed by atoms with van der Waals surface area (Å²) in [6.45, 7) is 3.80. The van der Waals surface area contributed by atoms with Gasteiger partial charge in [-0.05, 0) is 13.3 Å². The first kappa shape index (κ1) is 12.9. The van der Waals surface area contributed by atoms with E-state index in [1.807, 2.05) is 6.92 Å². The number of nitrogens with one attached hydrogen (secondary N) is 1. The molecule has 0 aliphatic heterocycles. The van der Waals surface area contributed by atoms with Crippen LogP contribution in [0.1, 0.15) is 23.8 Å². The molecule has 0 radical (unpaired) electrons. The number of aromatic nitrogens is 2. The number of nitrogens with zero attached hydrogens (tertiary/aromatic N) is 2. The number of halogens is 1. The number of ether oxygens (including phenoxy) is 1. The second kappa shape index (κ2) is 7.14. The van der Waals surface area contributed by atoms with Crippen molar-refractivity contribution in [1.82, 2.24) is 15.3 Å². The van der Waals surface area contributed by atoms with Crippen molar-refractivity contribution >= 4 is 17.5 Å². The number of hydrogen-bond donors (Lipinski definition) is 1. The van der Waals surface area contributed by atoms with Crippen molar-refractivity contribution in [2.45, 2.75) is 13.3 Å². The molecule has 0 spiro atoms. The van der Waals surface area contributed by atoms with E-state index in [1.165, 1.54) is 12.4 Å². The zero-order valence-electron chi connectivity index (χ0n) is 9.07. The number of carbonyl (C=O) groups excluding carboxylic acids is 1. The van der Waals surface area contributed by atoms with Gasteiger partial charge in [0.1, 0.15) is 10.8 Å². The van der Waals surface area contributed by atoms with Crippen LogP contribution in [0.5, 0.6) is 0 Å². The maximum atomic E-state index is 11.5. The van der Waals surface area contributed by atoms with E-state index in [9.17, 15) is 4.79 Å². The molecule has 0 fully saturated rings. The van der Waals surface area contributed by atoms with Crippen LogP contribution in [0.15, 0.2) is 12.4 Å². The van der Waals surface area contributed by atoms with E-state index in [-0.39, 0.29) is 16.8 Å². The van der Waals surface area contributed by atoms with Crippen molar-refractivity contribution in [3.63, 3.8) is 0 Å².